The molecule has 2 rings (SSSR count). The Hall–Kier alpha value is -0.650. The average molecular weight is 255 g/mol. The van der Waals surface area contributed by atoms with Crippen molar-refractivity contribution in [1.29, 1.82) is 0 Å². The lowest BCUT2D eigenvalue weighted by Crippen LogP contribution is -2.56. The van der Waals surface area contributed by atoms with Gasteiger partial charge >= 0.3 is 0 Å². The third-order valence-corrected chi connectivity index (χ3v) is 3.99. The molecule has 0 aromatic rings. The molecule has 0 aromatic carbocycles. The Morgan fingerprint density at radius 2 is 2.28 bits per heavy atom. The maximum Gasteiger partial charge on any atom is 0.227 e. The molecule has 0 spiro atoms. The highest BCUT2D eigenvalue weighted by Crippen LogP contribution is 2.16. The predicted octanol–water partition coefficient (Wildman–Crippen LogP) is -0.491. The van der Waals surface area contributed by atoms with Crippen molar-refractivity contribution in [2.24, 2.45) is 5.92 Å². The molecule has 104 valence electrons. The average Bonchev–Trinajstić information content (AvgIpc) is 2.84. The highest BCUT2D eigenvalue weighted by Gasteiger charge is 2.32. The van der Waals surface area contributed by atoms with Gasteiger partial charge < -0.3 is 15.3 Å². The van der Waals surface area contributed by atoms with E-state index in [1.807, 2.05) is 11.8 Å². The molecule has 0 aliphatic carbocycles. The molecular formula is C13H25N3O2. The second kappa shape index (κ2) is 5.99. The van der Waals surface area contributed by atoms with Crippen molar-refractivity contribution < 1.29 is 9.90 Å². The molecule has 0 bridgehead atoms. The molecule has 2 fully saturated rings. The van der Waals surface area contributed by atoms with Gasteiger partial charge in [0.2, 0.25) is 5.91 Å². The molecule has 0 saturated carbocycles. The number of β-amino-alcohol motifs (C(OH)–C–C–N with tert-alkyl or cyclic N) is 1. The Morgan fingerprint density at radius 1 is 1.50 bits per heavy atom. The lowest BCUT2D eigenvalue weighted by atomic mass is 10.1. The molecular weight excluding hydrogens is 230 g/mol. The molecule has 5 nitrogen and oxygen atoms in total. The molecule has 3 unspecified atom stereocenters. The number of hydrogen-bond donors (Lipinski definition) is 2. The van der Waals surface area contributed by atoms with Crippen molar-refractivity contribution in [3.05, 3.63) is 0 Å². The lowest BCUT2D eigenvalue weighted by molar-refractivity contribution is -0.138. The van der Waals surface area contributed by atoms with Gasteiger partial charge in [-0.15, -0.1) is 0 Å². The number of hydrogen-bond acceptors (Lipinski definition) is 4. The zero-order valence-electron chi connectivity index (χ0n) is 11.4. The van der Waals surface area contributed by atoms with Gasteiger partial charge in [-0.25, -0.2) is 0 Å². The summed E-state index contributed by atoms with van der Waals surface area (Å²) in [6, 6.07) is 0.340. The highest BCUT2D eigenvalue weighted by molar-refractivity contribution is 5.79. The number of amides is 1. The third-order valence-electron chi connectivity index (χ3n) is 3.99. The first-order chi connectivity index (χ1) is 8.58. The summed E-state index contributed by atoms with van der Waals surface area (Å²) in [6.07, 6.45) is 0.676. The summed E-state index contributed by atoms with van der Waals surface area (Å²) in [7, 11) is 0. The van der Waals surface area contributed by atoms with Gasteiger partial charge in [-0.1, -0.05) is 0 Å². The number of carbonyl (C=O) groups is 1. The summed E-state index contributed by atoms with van der Waals surface area (Å²) >= 11 is 0. The number of aliphatic hydroxyl groups is 1. The standard InChI is InChI=1S/C13H25N3O2/c1-10-8-16(6-5-15(10)9-11(2)17)13(18)12-3-4-14-7-12/h10-12,14,17H,3-9H2,1-2H3. The Bertz CT molecular complexity index is 290. The van der Waals surface area contributed by atoms with E-state index in [-0.39, 0.29) is 12.0 Å². The number of rotatable bonds is 3. The fourth-order valence-corrected chi connectivity index (χ4v) is 2.93. The zero-order chi connectivity index (χ0) is 13.1. The minimum Gasteiger partial charge on any atom is -0.392 e. The molecule has 1 amide bonds. The summed E-state index contributed by atoms with van der Waals surface area (Å²) in [4.78, 5) is 16.6. The molecule has 2 saturated heterocycles. The molecule has 2 aliphatic heterocycles. The van der Waals surface area contributed by atoms with E-state index in [0.29, 0.717) is 18.5 Å². The van der Waals surface area contributed by atoms with Crippen LogP contribution in [0.5, 0.6) is 0 Å². The minimum atomic E-state index is -0.297. The minimum absolute atomic E-state index is 0.181. The number of aliphatic hydroxyl groups excluding tert-OH is 1. The summed E-state index contributed by atoms with van der Waals surface area (Å²) in [5.74, 6) is 0.490. The Kier molecular flexibility index (Phi) is 4.59. The van der Waals surface area contributed by atoms with Crippen LogP contribution < -0.4 is 5.32 Å². The monoisotopic (exact) mass is 255 g/mol. The van der Waals surface area contributed by atoms with E-state index in [4.69, 9.17) is 0 Å². The van der Waals surface area contributed by atoms with Crippen LogP contribution in [-0.2, 0) is 4.79 Å². The molecule has 0 aromatic heterocycles. The van der Waals surface area contributed by atoms with Crippen LogP contribution >= 0.6 is 0 Å². The van der Waals surface area contributed by atoms with Gasteiger partial charge in [-0.2, -0.15) is 0 Å². The van der Waals surface area contributed by atoms with E-state index in [1.165, 1.54) is 0 Å². The van der Waals surface area contributed by atoms with Crippen molar-refractivity contribution in [3.63, 3.8) is 0 Å². The van der Waals surface area contributed by atoms with E-state index < -0.39 is 0 Å². The lowest BCUT2D eigenvalue weighted by Gasteiger charge is -2.41. The predicted molar refractivity (Wildman–Crippen MR) is 70.3 cm³/mol. The first-order valence-electron chi connectivity index (χ1n) is 6.99. The third kappa shape index (κ3) is 3.22. The largest absolute Gasteiger partial charge is 0.392 e. The molecule has 5 heteroatoms. The molecule has 3 atom stereocenters. The first kappa shape index (κ1) is 13.8. The van der Waals surface area contributed by atoms with Crippen LogP contribution in [0, 0.1) is 5.92 Å². The maximum atomic E-state index is 12.3. The van der Waals surface area contributed by atoms with Crippen LogP contribution in [0.25, 0.3) is 0 Å². The van der Waals surface area contributed by atoms with Crippen molar-refractivity contribution in [2.45, 2.75) is 32.4 Å². The Labute approximate surface area is 109 Å². The van der Waals surface area contributed by atoms with Crippen LogP contribution in [0.2, 0.25) is 0 Å². The second-order valence-electron chi connectivity index (χ2n) is 5.67. The van der Waals surface area contributed by atoms with Gasteiger partial charge in [0.05, 0.1) is 12.0 Å². The van der Waals surface area contributed by atoms with Crippen LogP contribution in [-0.4, -0.2) is 72.2 Å². The van der Waals surface area contributed by atoms with E-state index >= 15 is 0 Å². The number of nitrogens with zero attached hydrogens (tertiary/aromatic N) is 2. The van der Waals surface area contributed by atoms with Crippen LogP contribution in [0.4, 0.5) is 0 Å². The van der Waals surface area contributed by atoms with E-state index in [0.717, 1.165) is 39.1 Å². The molecule has 2 aliphatic rings. The Balaban J connectivity index is 1.85. The normalized spacial score (nSPS) is 31.6. The molecule has 18 heavy (non-hydrogen) atoms. The topological polar surface area (TPSA) is 55.8 Å². The summed E-state index contributed by atoms with van der Waals surface area (Å²) in [5, 5.41) is 12.7. The van der Waals surface area contributed by atoms with E-state index in [2.05, 4.69) is 17.1 Å². The van der Waals surface area contributed by atoms with Crippen molar-refractivity contribution in [3.8, 4) is 0 Å². The SMILES string of the molecule is CC(O)CN1CCN(C(=O)C2CCNC2)CC1C. The second-order valence-corrected chi connectivity index (χ2v) is 5.67. The van der Waals surface area contributed by atoms with Gasteiger partial charge in [0.1, 0.15) is 0 Å². The van der Waals surface area contributed by atoms with Crippen molar-refractivity contribution in [2.75, 3.05) is 39.3 Å². The van der Waals surface area contributed by atoms with Gasteiger partial charge in [-0.3, -0.25) is 9.69 Å². The van der Waals surface area contributed by atoms with Crippen LogP contribution in [0.3, 0.4) is 0 Å². The van der Waals surface area contributed by atoms with Crippen molar-refractivity contribution >= 4 is 5.91 Å². The number of nitrogens with one attached hydrogen (secondary N) is 1. The number of piperazine rings is 1. The van der Waals surface area contributed by atoms with E-state index in [1.54, 1.807) is 0 Å². The smallest absolute Gasteiger partial charge is 0.227 e. The van der Waals surface area contributed by atoms with Gasteiger partial charge in [-0.05, 0) is 26.8 Å². The van der Waals surface area contributed by atoms with Gasteiger partial charge in [0.15, 0.2) is 0 Å². The molecule has 2 N–H and O–H groups in total. The Morgan fingerprint density at radius 3 is 2.83 bits per heavy atom. The quantitative estimate of drug-likeness (QED) is 0.714. The maximum absolute atomic E-state index is 12.3. The van der Waals surface area contributed by atoms with Crippen molar-refractivity contribution in [1.82, 2.24) is 15.1 Å². The summed E-state index contributed by atoms with van der Waals surface area (Å²) in [6.45, 7) is 8.92. The van der Waals surface area contributed by atoms with Crippen LogP contribution in [0.15, 0.2) is 0 Å². The first-order valence-corrected chi connectivity index (χ1v) is 6.99. The highest BCUT2D eigenvalue weighted by atomic mass is 16.3. The fraction of sp³-hybridized carbons (Fsp3) is 0.923. The van der Waals surface area contributed by atoms with E-state index in [9.17, 15) is 9.90 Å². The summed E-state index contributed by atoms with van der Waals surface area (Å²) < 4.78 is 0. The summed E-state index contributed by atoms with van der Waals surface area (Å²) in [5.41, 5.74) is 0. The fourth-order valence-electron chi connectivity index (χ4n) is 2.93. The molecule has 0 radical (unpaired) electrons. The van der Waals surface area contributed by atoms with Crippen LogP contribution in [0.1, 0.15) is 20.3 Å². The van der Waals surface area contributed by atoms with Gasteiger partial charge in [0, 0.05) is 38.8 Å². The zero-order valence-corrected chi connectivity index (χ0v) is 11.4. The molecule has 2 heterocycles. The van der Waals surface area contributed by atoms with Gasteiger partial charge in [0.25, 0.3) is 0 Å². The number of carbonyl (C=O) groups excluding carboxylic acids is 1.